The molecule has 5 nitrogen and oxygen atoms in total. The minimum Gasteiger partial charge on any atom is -0.332 e. The lowest BCUT2D eigenvalue weighted by atomic mass is 10.2. The Morgan fingerprint density at radius 2 is 1.59 bits per heavy atom. The van der Waals surface area contributed by atoms with E-state index in [4.69, 9.17) is 0 Å². The number of anilines is 3. The van der Waals surface area contributed by atoms with Crippen LogP contribution in [0.25, 0.3) is 10.6 Å². The van der Waals surface area contributed by atoms with Crippen molar-refractivity contribution in [2.75, 3.05) is 10.6 Å². The zero-order chi connectivity index (χ0) is 24.5. The van der Waals surface area contributed by atoms with Gasteiger partial charge < -0.3 is 5.32 Å². The molecule has 4 aromatic rings. The highest BCUT2D eigenvalue weighted by atomic mass is 32.1. The van der Waals surface area contributed by atoms with E-state index < -0.39 is 29.5 Å². The molecule has 176 valence electrons. The summed E-state index contributed by atoms with van der Waals surface area (Å²) in [5.74, 6) is -0.625. The number of amides is 1. The first-order valence-corrected chi connectivity index (χ1v) is 11.0. The van der Waals surface area contributed by atoms with Crippen LogP contribution in [0.4, 0.5) is 42.3 Å². The van der Waals surface area contributed by atoms with E-state index in [9.17, 15) is 31.1 Å². The Kier molecular flexibility index (Phi) is 6.32. The lowest BCUT2D eigenvalue weighted by Crippen LogP contribution is -2.12. The molecule has 2 aromatic heterocycles. The first kappa shape index (κ1) is 23.7. The summed E-state index contributed by atoms with van der Waals surface area (Å²) >= 11 is 1.51. The summed E-state index contributed by atoms with van der Waals surface area (Å²) in [5.41, 5.74) is -1.86. The number of carbonyl (C=O) groups is 1. The number of nitrogens with zero attached hydrogens (tertiary/aromatic N) is 2. The van der Waals surface area contributed by atoms with Crippen molar-refractivity contribution in [3.8, 4) is 10.6 Å². The van der Waals surface area contributed by atoms with Crippen molar-refractivity contribution in [1.29, 1.82) is 0 Å². The predicted octanol–water partition coefficient (Wildman–Crippen LogP) is 7.30. The Hall–Kier alpha value is -3.45. The zero-order valence-electron chi connectivity index (χ0n) is 16.7. The molecular formula is C21H12F6N4OS2. The van der Waals surface area contributed by atoms with Gasteiger partial charge in [0.05, 0.1) is 16.1 Å². The van der Waals surface area contributed by atoms with Crippen LogP contribution in [0.5, 0.6) is 0 Å². The SMILES string of the molecule is O=C(Nc1nc(C(F)(F)F)c(-c2csc(Nc3cccc(C(F)(F)F)c3)n2)s1)c1ccccc1. The second-order valence-corrected chi connectivity index (χ2v) is 8.61. The molecule has 2 aromatic carbocycles. The molecule has 0 bridgehead atoms. The Balaban J connectivity index is 1.60. The Bertz CT molecular complexity index is 1310. The van der Waals surface area contributed by atoms with E-state index in [0.717, 1.165) is 23.5 Å². The molecular weight excluding hydrogens is 502 g/mol. The van der Waals surface area contributed by atoms with E-state index in [2.05, 4.69) is 20.6 Å². The quantitative estimate of drug-likeness (QED) is 0.274. The van der Waals surface area contributed by atoms with Crippen LogP contribution in [-0.4, -0.2) is 15.9 Å². The number of halogens is 6. The van der Waals surface area contributed by atoms with E-state index >= 15 is 0 Å². The highest BCUT2D eigenvalue weighted by Crippen LogP contribution is 2.43. The van der Waals surface area contributed by atoms with E-state index in [1.807, 2.05) is 0 Å². The topological polar surface area (TPSA) is 66.9 Å². The van der Waals surface area contributed by atoms with Gasteiger partial charge in [0.15, 0.2) is 16.0 Å². The average Bonchev–Trinajstić information content (AvgIpc) is 3.41. The highest BCUT2D eigenvalue weighted by molar-refractivity contribution is 7.20. The fraction of sp³-hybridized carbons (Fsp3) is 0.0952. The molecule has 0 aliphatic rings. The third-order valence-corrected chi connectivity index (χ3v) is 6.08. The predicted molar refractivity (Wildman–Crippen MR) is 117 cm³/mol. The van der Waals surface area contributed by atoms with Crippen molar-refractivity contribution in [3.63, 3.8) is 0 Å². The maximum atomic E-state index is 13.6. The molecule has 0 atom stereocenters. The largest absolute Gasteiger partial charge is 0.434 e. The van der Waals surface area contributed by atoms with Gasteiger partial charge in [0, 0.05) is 16.6 Å². The smallest absolute Gasteiger partial charge is 0.332 e. The second-order valence-electron chi connectivity index (χ2n) is 6.76. The number of carbonyl (C=O) groups excluding carboxylic acids is 1. The monoisotopic (exact) mass is 514 g/mol. The summed E-state index contributed by atoms with van der Waals surface area (Å²) in [6.07, 6.45) is -9.36. The van der Waals surface area contributed by atoms with Gasteiger partial charge in [-0.15, -0.1) is 11.3 Å². The van der Waals surface area contributed by atoms with Crippen molar-refractivity contribution < 1.29 is 31.1 Å². The molecule has 0 aliphatic carbocycles. The van der Waals surface area contributed by atoms with Crippen molar-refractivity contribution in [2.24, 2.45) is 0 Å². The Labute approximate surface area is 196 Å². The summed E-state index contributed by atoms with van der Waals surface area (Å²) in [4.78, 5) is 19.6. The molecule has 13 heteroatoms. The van der Waals surface area contributed by atoms with Gasteiger partial charge >= 0.3 is 12.4 Å². The molecule has 34 heavy (non-hydrogen) atoms. The van der Waals surface area contributed by atoms with Crippen LogP contribution < -0.4 is 10.6 Å². The number of aromatic nitrogens is 2. The lowest BCUT2D eigenvalue weighted by molar-refractivity contribution is -0.140. The first-order valence-electron chi connectivity index (χ1n) is 9.35. The highest BCUT2D eigenvalue weighted by Gasteiger charge is 2.39. The van der Waals surface area contributed by atoms with E-state index in [-0.39, 0.29) is 32.1 Å². The minimum absolute atomic E-state index is 0.0758. The van der Waals surface area contributed by atoms with Crippen LogP contribution in [0.1, 0.15) is 21.6 Å². The molecule has 2 N–H and O–H groups in total. The van der Waals surface area contributed by atoms with Gasteiger partial charge in [0.25, 0.3) is 5.91 Å². The normalized spacial score (nSPS) is 11.9. The van der Waals surface area contributed by atoms with Crippen LogP contribution in [0, 0.1) is 0 Å². The maximum Gasteiger partial charge on any atom is 0.434 e. The fourth-order valence-electron chi connectivity index (χ4n) is 2.83. The van der Waals surface area contributed by atoms with E-state index in [1.54, 1.807) is 18.2 Å². The lowest BCUT2D eigenvalue weighted by Gasteiger charge is -2.09. The van der Waals surface area contributed by atoms with Gasteiger partial charge in [-0.05, 0) is 30.3 Å². The number of rotatable bonds is 5. The van der Waals surface area contributed by atoms with E-state index in [1.165, 1.54) is 29.6 Å². The number of nitrogens with one attached hydrogen (secondary N) is 2. The van der Waals surface area contributed by atoms with Crippen molar-refractivity contribution in [3.05, 3.63) is 76.8 Å². The van der Waals surface area contributed by atoms with Crippen LogP contribution in [0.3, 0.4) is 0 Å². The first-order chi connectivity index (χ1) is 16.0. The average molecular weight is 514 g/mol. The van der Waals surface area contributed by atoms with Gasteiger partial charge in [-0.25, -0.2) is 9.97 Å². The van der Waals surface area contributed by atoms with Gasteiger partial charge in [-0.3, -0.25) is 10.1 Å². The summed E-state index contributed by atoms with van der Waals surface area (Å²) in [7, 11) is 0. The molecule has 0 saturated carbocycles. The van der Waals surface area contributed by atoms with Crippen LogP contribution in [-0.2, 0) is 12.4 Å². The Morgan fingerprint density at radius 1 is 0.853 bits per heavy atom. The third-order valence-electron chi connectivity index (χ3n) is 4.33. The zero-order valence-corrected chi connectivity index (χ0v) is 18.3. The molecule has 4 rings (SSSR count). The summed E-state index contributed by atoms with van der Waals surface area (Å²) < 4.78 is 79.5. The maximum absolute atomic E-state index is 13.6. The molecule has 0 fully saturated rings. The van der Waals surface area contributed by atoms with E-state index in [0.29, 0.717) is 11.3 Å². The minimum atomic E-state index is -4.82. The van der Waals surface area contributed by atoms with Gasteiger partial charge in [-0.1, -0.05) is 35.6 Å². The van der Waals surface area contributed by atoms with Gasteiger partial charge in [-0.2, -0.15) is 26.3 Å². The molecule has 0 aliphatic heterocycles. The van der Waals surface area contributed by atoms with Crippen LogP contribution in [0.2, 0.25) is 0 Å². The number of hydrogen-bond donors (Lipinski definition) is 2. The number of thiazole rings is 2. The standard InChI is InChI=1S/C21H12F6N4OS2/c22-20(23,24)12-7-4-8-13(9-12)28-18-29-14(10-33-18)15-16(21(25,26)27)30-19(34-15)31-17(32)11-5-2-1-3-6-11/h1-10H,(H,28,29)(H,30,31,32). The Morgan fingerprint density at radius 3 is 2.26 bits per heavy atom. The number of alkyl halides is 6. The molecule has 1 amide bonds. The number of hydrogen-bond acceptors (Lipinski definition) is 6. The van der Waals surface area contributed by atoms with Crippen LogP contribution >= 0.6 is 22.7 Å². The third kappa shape index (κ3) is 5.37. The van der Waals surface area contributed by atoms with Crippen molar-refractivity contribution in [1.82, 2.24) is 9.97 Å². The van der Waals surface area contributed by atoms with Crippen molar-refractivity contribution in [2.45, 2.75) is 12.4 Å². The van der Waals surface area contributed by atoms with Gasteiger partial charge in [0.2, 0.25) is 0 Å². The molecule has 0 spiro atoms. The fourth-order valence-corrected chi connectivity index (χ4v) is 4.57. The van der Waals surface area contributed by atoms with Crippen molar-refractivity contribution >= 4 is 44.5 Å². The molecule has 2 heterocycles. The van der Waals surface area contributed by atoms with Gasteiger partial charge in [0.1, 0.15) is 0 Å². The molecule has 0 saturated heterocycles. The molecule has 0 radical (unpaired) electrons. The summed E-state index contributed by atoms with van der Waals surface area (Å²) in [6, 6.07) is 12.3. The second kappa shape index (κ2) is 9.06. The molecule has 0 unspecified atom stereocenters. The van der Waals surface area contributed by atoms with Crippen LogP contribution in [0.15, 0.2) is 60.0 Å². The summed E-state index contributed by atoms with van der Waals surface area (Å²) in [5, 5.41) is 6.16. The number of benzene rings is 2. The summed E-state index contributed by atoms with van der Waals surface area (Å²) in [6.45, 7) is 0.